The summed E-state index contributed by atoms with van der Waals surface area (Å²) in [6, 6.07) is 4.01. The fraction of sp³-hybridized carbons (Fsp3) is 0.200. The minimum absolute atomic E-state index is 0.0787. The fourth-order valence-corrected chi connectivity index (χ4v) is 2.38. The summed E-state index contributed by atoms with van der Waals surface area (Å²) in [5.74, 6) is -0.871. The van der Waals surface area contributed by atoms with Gasteiger partial charge in [0.25, 0.3) is 0 Å². The number of hydrogen-bond acceptors (Lipinski definition) is 4. The summed E-state index contributed by atoms with van der Waals surface area (Å²) in [5.41, 5.74) is -4.67. The molecule has 1 aromatic carbocycles. The first kappa shape index (κ1) is 15.1. The van der Waals surface area contributed by atoms with Gasteiger partial charge in [0.15, 0.2) is 0 Å². The van der Waals surface area contributed by atoms with Crippen LogP contribution in [-0.4, -0.2) is 18.6 Å². The van der Waals surface area contributed by atoms with E-state index in [1.165, 1.54) is 6.07 Å². The van der Waals surface area contributed by atoms with Crippen molar-refractivity contribution in [2.75, 3.05) is 7.11 Å². The van der Waals surface area contributed by atoms with Gasteiger partial charge in [-0.3, -0.25) is 0 Å². The predicted molar refractivity (Wildman–Crippen MR) is 67.1 cm³/mol. The van der Waals surface area contributed by atoms with Crippen LogP contribution in [0.2, 0.25) is 0 Å². The zero-order chi connectivity index (χ0) is 13.9. The van der Waals surface area contributed by atoms with Crippen LogP contribution in [0.25, 0.3) is 0 Å². The third-order valence-corrected chi connectivity index (χ3v) is 3.50. The topological polar surface area (TPSA) is 50.1 Å². The maximum absolute atomic E-state index is 12.4. The summed E-state index contributed by atoms with van der Waals surface area (Å²) >= 11 is 1.32. The number of nitrogens with zero attached hydrogens (tertiary/aromatic N) is 1. The molecule has 0 aromatic heterocycles. The highest BCUT2D eigenvalue weighted by atomic mass is 127. The van der Waals surface area contributed by atoms with Crippen LogP contribution in [-0.2, 0) is 4.74 Å². The van der Waals surface area contributed by atoms with Gasteiger partial charge in [0, 0.05) is 8.47 Å². The molecule has 8 heteroatoms. The minimum Gasteiger partial charge on any atom is -0.465 e. The molecule has 1 rings (SSSR count). The van der Waals surface area contributed by atoms with Crippen LogP contribution in [0.1, 0.15) is 15.9 Å². The van der Waals surface area contributed by atoms with Gasteiger partial charge in [-0.05, 0) is 46.5 Å². The number of thioether (sulfide) groups is 1. The molecule has 18 heavy (non-hydrogen) atoms. The Morgan fingerprint density at radius 3 is 2.56 bits per heavy atom. The van der Waals surface area contributed by atoms with Crippen molar-refractivity contribution in [3.63, 3.8) is 0 Å². The summed E-state index contributed by atoms with van der Waals surface area (Å²) in [4.78, 5) is 11.0. The molecule has 0 saturated heterocycles. The molecule has 3 nitrogen and oxygen atoms in total. The molecule has 0 amide bonds. The SMILES string of the molecule is COC(=O)c1cc(I)c(C#N)cc1SC(F)(F)F. The quantitative estimate of drug-likeness (QED) is 0.443. The van der Waals surface area contributed by atoms with E-state index in [1.54, 1.807) is 28.7 Å². The van der Waals surface area contributed by atoms with Gasteiger partial charge in [-0.1, -0.05) is 0 Å². The molecule has 1 aromatic rings. The molecular formula is C10H5F3INO2S. The Labute approximate surface area is 118 Å². The first-order valence-electron chi connectivity index (χ1n) is 4.36. The van der Waals surface area contributed by atoms with E-state index in [1.807, 2.05) is 0 Å². The number of halogens is 4. The van der Waals surface area contributed by atoms with Crippen molar-refractivity contribution >= 4 is 40.3 Å². The van der Waals surface area contributed by atoms with Crippen molar-refractivity contribution in [1.82, 2.24) is 0 Å². The Balaban J connectivity index is 3.36. The van der Waals surface area contributed by atoms with Crippen LogP contribution < -0.4 is 0 Å². The summed E-state index contributed by atoms with van der Waals surface area (Å²) < 4.78 is 41.9. The van der Waals surface area contributed by atoms with Gasteiger partial charge in [-0.15, -0.1) is 0 Å². The normalized spacial score (nSPS) is 10.9. The highest BCUT2D eigenvalue weighted by Crippen LogP contribution is 2.39. The monoisotopic (exact) mass is 387 g/mol. The number of esters is 1. The van der Waals surface area contributed by atoms with E-state index in [9.17, 15) is 18.0 Å². The molecule has 0 atom stereocenters. The first-order valence-corrected chi connectivity index (χ1v) is 6.25. The molecule has 0 bridgehead atoms. The van der Waals surface area contributed by atoms with Gasteiger partial charge >= 0.3 is 11.5 Å². The molecule has 96 valence electrons. The van der Waals surface area contributed by atoms with E-state index in [0.717, 1.165) is 13.2 Å². The second kappa shape index (κ2) is 5.79. The lowest BCUT2D eigenvalue weighted by atomic mass is 10.1. The van der Waals surface area contributed by atoms with Crippen molar-refractivity contribution in [3.8, 4) is 6.07 Å². The summed E-state index contributed by atoms with van der Waals surface area (Å²) in [7, 11) is 1.08. The smallest absolute Gasteiger partial charge is 0.446 e. The number of carbonyl (C=O) groups is 1. The molecule has 0 aliphatic heterocycles. The van der Waals surface area contributed by atoms with Crippen molar-refractivity contribution in [3.05, 3.63) is 26.8 Å². The van der Waals surface area contributed by atoms with Crippen molar-refractivity contribution < 1.29 is 22.7 Å². The first-order chi connectivity index (χ1) is 8.28. The third kappa shape index (κ3) is 3.78. The summed E-state index contributed by atoms with van der Waals surface area (Å²) in [6.07, 6.45) is 0. The van der Waals surface area contributed by atoms with Gasteiger partial charge in [0.05, 0.1) is 18.2 Å². The van der Waals surface area contributed by atoms with Crippen LogP contribution in [0, 0.1) is 14.9 Å². The third-order valence-electron chi connectivity index (χ3n) is 1.82. The number of benzene rings is 1. The van der Waals surface area contributed by atoms with E-state index < -0.39 is 23.2 Å². The Morgan fingerprint density at radius 2 is 2.11 bits per heavy atom. The van der Waals surface area contributed by atoms with Gasteiger partial charge in [-0.2, -0.15) is 18.4 Å². The van der Waals surface area contributed by atoms with E-state index in [0.29, 0.717) is 3.57 Å². The largest absolute Gasteiger partial charge is 0.465 e. The summed E-state index contributed by atoms with van der Waals surface area (Å²) in [6.45, 7) is 0. The zero-order valence-electron chi connectivity index (χ0n) is 8.84. The Morgan fingerprint density at radius 1 is 1.50 bits per heavy atom. The zero-order valence-corrected chi connectivity index (χ0v) is 11.8. The number of alkyl halides is 3. The van der Waals surface area contributed by atoms with E-state index in [2.05, 4.69) is 4.74 Å². The second-order valence-electron chi connectivity index (χ2n) is 2.98. The number of nitriles is 1. The van der Waals surface area contributed by atoms with Crippen LogP contribution >= 0.6 is 34.4 Å². The molecule has 0 N–H and O–H groups in total. The average molecular weight is 387 g/mol. The standard InChI is InChI=1S/C10H5F3INO2S/c1-17-9(16)6-3-7(14)5(4-15)2-8(6)18-10(11,12)13/h2-3H,1H3. The summed E-state index contributed by atoms with van der Waals surface area (Å²) in [5, 5.41) is 8.77. The number of hydrogen-bond donors (Lipinski definition) is 0. The van der Waals surface area contributed by atoms with Gasteiger partial charge in [0.1, 0.15) is 6.07 Å². The highest BCUT2D eigenvalue weighted by Gasteiger charge is 2.32. The molecule has 0 aliphatic rings. The molecule has 0 radical (unpaired) electrons. The van der Waals surface area contributed by atoms with Crippen LogP contribution in [0.15, 0.2) is 17.0 Å². The van der Waals surface area contributed by atoms with Crippen molar-refractivity contribution in [1.29, 1.82) is 5.26 Å². The Kier molecular flexibility index (Phi) is 4.86. The number of rotatable bonds is 2. The lowest BCUT2D eigenvalue weighted by Gasteiger charge is -2.11. The maximum atomic E-state index is 12.4. The van der Waals surface area contributed by atoms with E-state index in [-0.39, 0.29) is 16.0 Å². The van der Waals surface area contributed by atoms with E-state index in [4.69, 9.17) is 5.26 Å². The number of methoxy groups -OCH3 is 1. The van der Waals surface area contributed by atoms with E-state index >= 15 is 0 Å². The molecule has 0 spiro atoms. The minimum atomic E-state index is -4.54. The predicted octanol–water partition coefficient (Wildman–Crippen LogP) is 3.56. The molecule has 0 saturated carbocycles. The number of ether oxygens (including phenoxy) is 1. The van der Waals surface area contributed by atoms with Gasteiger partial charge in [-0.25, -0.2) is 4.79 Å². The Bertz CT molecular complexity index is 525. The van der Waals surface area contributed by atoms with Crippen LogP contribution in [0.5, 0.6) is 0 Å². The lowest BCUT2D eigenvalue weighted by Crippen LogP contribution is -2.08. The van der Waals surface area contributed by atoms with Crippen LogP contribution in [0.4, 0.5) is 13.2 Å². The molecule has 0 heterocycles. The van der Waals surface area contributed by atoms with Crippen molar-refractivity contribution in [2.45, 2.75) is 10.4 Å². The highest BCUT2D eigenvalue weighted by molar-refractivity contribution is 14.1. The molecular weight excluding hydrogens is 382 g/mol. The molecule has 0 aliphatic carbocycles. The van der Waals surface area contributed by atoms with Crippen molar-refractivity contribution in [2.24, 2.45) is 0 Å². The second-order valence-corrected chi connectivity index (χ2v) is 5.25. The van der Waals surface area contributed by atoms with Gasteiger partial charge < -0.3 is 4.74 Å². The van der Waals surface area contributed by atoms with Crippen LogP contribution in [0.3, 0.4) is 0 Å². The fourth-order valence-electron chi connectivity index (χ4n) is 1.12. The average Bonchev–Trinajstić information content (AvgIpc) is 2.28. The number of carbonyl (C=O) groups excluding carboxylic acids is 1. The van der Waals surface area contributed by atoms with Gasteiger partial charge in [0.2, 0.25) is 0 Å². The molecule has 0 unspecified atom stereocenters. The lowest BCUT2D eigenvalue weighted by molar-refractivity contribution is -0.0328. The maximum Gasteiger partial charge on any atom is 0.446 e. The Hall–Kier alpha value is -0.950. The molecule has 0 fully saturated rings.